The van der Waals surface area contributed by atoms with E-state index in [9.17, 15) is 4.79 Å². The number of benzene rings is 3. The van der Waals surface area contributed by atoms with Crippen molar-refractivity contribution in [2.24, 2.45) is 0 Å². The summed E-state index contributed by atoms with van der Waals surface area (Å²) < 4.78 is 0. The number of rotatable bonds is 3. The quantitative estimate of drug-likeness (QED) is 0.703. The zero-order chi connectivity index (χ0) is 17.4. The van der Waals surface area contributed by atoms with E-state index in [0.717, 1.165) is 22.6 Å². The van der Waals surface area contributed by atoms with Crippen molar-refractivity contribution in [3.63, 3.8) is 0 Å². The van der Waals surface area contributed by atoms with Gasteiger partial charge in [-0.1, -0.05) is 60.1 Å². The molecule has 0 saturated heterocycles. The molecule has 3 aromatic rings. The van der Waals surface area contributed by atoms with E-state index < -0.39 is 5.97 Å². The van der Waals surface area contributed by atoms with Crippen LogP contribution in [0.15, 0.2) is 78.9 Å². The Kier molecular flexibility index (Phi) is 6.41. The molecule has 0 amide bonds. The number of phenolic OH excluding ortho intramolecular Hbond substituents is 1. The van der Waals surface area contributed by atoms with Gasteiger partial charge in [0.1, 0.15) is 5.75 Å². The molecule has 0 atom stereocenters. The van der Waals surface area contributed by atoms with Gasteiger partial charge in [0.25, 0.3) is 0 Å². The first-order valence-electron chi connectivity index (χ1n) is 7.36. The van der Waals surface area contributed by atoms with Crippen LogP contribution in [0.2, 0.25) is 5.02 Å². The highest BCUT2D eigenvalue weighted by molar-refractivity contribution is 6.31. The number of phenols is 1. The molecule has 0 aliphatic heterocycles. The van der Waals surface area contributed by atoms with E-state index in [1.807, 2.05) is 36.4 Å². The summed E-state index contributed by atoms with van der Waals surface area (Å²) in [4.78, 5) is 10.2. The lowest BCUT2D eigenvalue weighted by atomic mass is 10.1. The van der Waals surface area contributed by atoms with Gasteiger partial charge in [-0.2, -0.15) is 0 Å². The highest BCUT2D eigenvalue weighted by Gasteiger charge is 2.00. The van der Waals surface area contributed by atoms with E-state index >= 15 is 0 Å². The molecule has 24 heavy (non-hydrogen) atoms. The Morgan fingerprint density at radius 1 is 0.833 bits per heavy atom. The minimum atomic E-state index is -0.879. The Labute approximate surface area is 145 Å². The van der Waals surface area contributed by atoms with Crippen molar-refractivity contribution in [1.82, 2.24) is 0 Å². The molecule has 0 aromatic heterocycles. The van der Waals surface area contributed by atoms with Crippen LogP contribution in [-0.4, -0.2) is 16.2 Å². The molecule has 0 saturated carbocycles. The van der Waals surface area contributed by atoms with Crippen LogP contribution in [0.25, 0.3) is 0 Å². The first-order valence-corrected chi connectivity index (χ1v) is 7.73. The van der Waals surface area contributed by atoms with E-state index in [1.165, 1.54) is 0 Å². The molecule has 4 heteroatoms. The molecular formula is C20H17ClO3. The Morgan fingerprint density at radius 2 is 1.42 bits per heavy atom. The first-order chi connectivity index (χ1) is 11.6. The number of halogens is 1. The van der Waals surface area contributed by atoms with Crippen LogP contribution >= 0.6 is 11.6 Å². The van der Waals surface area contributed by atoms with Crippen LogP contribution < -0.4 is 0 Å². The maximum atomic E-state index is 10.2. The Hall–Kier alpha value is -2.78. The monoisotopic (exact) mass is 340 g/mol. The maximum absolute atomic E-state index is 10.2. The minimum Gasteiger partial charge on any atom is -0.508 e. The smallest absolute Gasteiger partial charge is 0.335 e. The van der Waals surface area contributed by atoms with Gasteiger partial charge in [0, 0.05) is 5.02 Å². The highest BCUT2D eigenvalue weighted by atomic mass is 35.5. The Morgan fingerprint density at radius 3 is 1.96 bits per heavy atom. The van der Waals surface area contributed by atoms with Crippen molar-refractivity contribution in [3.05, 3.63) is 101 Å². The summed E-state index contributed by atoms with van der Waals surface area (Å²) in [5.41, 5.74) is 2.57. The van der Waals surface area contributed by atoms with Gasteiger partial charge in [-0.3, -0.25) is 0 Å². The summed E-state index contributed by atoms with van der Waals surface area (Å²) in [7, 11) is 0. The molecule has 0 unspecified atom stereocenters. The van der Waals surface area contributed by atoms with E-state index in [1.54, 1.807) is 42.5 Å². The van der Waals surface area contributed by atoms with E-state index in [4.69, 9.17) is 21.8 Å². The normalized spacial score (nSPS) is 9.71. The van der Waals surface area contributed by atoms with Crippen molar-refractivity contribution in [1.29, 1.82) is 0 Å². The summed E-state index contributed by atoms with van der Waals surface area (Å²) in [5, 5.41) is 18.3. The van der Waals surface area contributed by atoms with Crippen LogP contribution in [0.4, 0.5) is 0 Å². The topological polar surface area (TPSA) is 57.5 Å². The van der Waals surface area contributed by atoms with Crippen LogP contribution in [0.3, 0.4) is 0 Å². The van der Waals surface area contributed by atoms with Crippen LogP contribution in [0.5, 0.6) is 5.75 Å². The van der Waals surface area contributed by atoms with Crippen molar-refractivity contribution in [2.75, 3.05) is 0 Å². The average molecular weight is 341 g/mol. The fraction of sp³-hybridized carbons (Fsp3) is 0.0500. The first kappa shape index (κ1) is 17.6. The summed E-state index contributed by atoms with van der Waals surface area (Å²) >= 11 is 6.06. The van der Waals surface area contributed by atoms with E-state index in [-0.39, 0.29) is 5.75 Å². The van der Waals surface area contributed by atoms with Gasteiger partial charge in [-0.05, 0) is 47.9 Å². The van der Waals surface area contributed by atoms with Crippen molar-refractivity contribution in [3.8, 4) is 5.75 Å². The minimum absolute atomic E-state index is 0.290. The predicted molar refractivity (Wildman–Crippen MR) is 95.8 cm³/mol. The summed E-state index contributed by atoms with van der Waals surface area (Å²) in [6.07, 6.45) is 0.792. The second-order valence-electron chi connectivity index (χ2n) is 5.11. The fourth-order valence-corrected chi connectivity index (χ4v) is 2.26. The second kappa shape index (κ2) is 8.75. The van der Waals surface area contributed by atoms with Gasteiger partial charge in [0.05, 0.1) is 5.56 Å². The Balaban J connectivity index is 0.000000198. The summed E-state index contributed by atoms with van der Waals surface area (Å²) in [6.45, 7) is 0. The Bertz CT molecular complexity index is 783. The molecule has 3 aromatic carbocycles. The average Bonchev–Trinajstić information content (AvgIpc) is 2.60. The lowest BCUT2D eigenvalue weighted by Crippen LogP contribution is -1.93. The van der Waals surface area contributed by atoms with Gasteiger partial charge in [0.15, 0.2) is 0 Å². The number of aromatic carboxylic acids is 1. The van der Waals surface area contributed by atoms with Crippen molar-refractivity contribution >= 4 is 17.6 Å². The number of carboxylic acids is 1. The van der Waals surface area contributed by atoms with Crippen LogP contribution in [-0.2, 0) is 6.42 Å². The number of carbonyl (C=O) groups is 1. The molecular weight excluding hydrogens is 324 g/mol. The SMILES string of the molecule is O=C(O)c1ccccc1.Oc1ccc(Cc2ccccc2Cl)cc1. The summed E-state index contributed by atoms with van der Waals surface area (Å²) in [5.74, 6) is -0.589. The number of carboxylic acid groups (broad SMARTS) is 1. The standard InChI is InChI=1S/C13H11ClO.C7H6O2/c14-13-4-2-1-3-11(13)9-10-5-7-12(15)8-6-10;8-7(9)6-4-2-1-3-5-6/h1-8,15H,9H2;1-5H,(H,8,9). The predicted octanol–water partition coefficient (Wildman–Crippen LogP) is 5.02. The lowest BCUT2D eigenvalue weighted by Gasteiger charge is -2.04. The van der Waals surface area contributed by atoms with Gasteiger partial charge >= 0.3 is 5.97 Å². The van der Waals surface area contributed by atoms with Crippen LogP contribution in [0, 0.1) is 0 Å². The highest BCUT2D eigenvalue weighted by Crippen LogP contribution is 2.20. The van der Waals surface area contributed by atoms with Gasteiger partial charge < -0.3 is 10.2 Å². The number of hydrogen-bond donors (Lipinski definition) is 2. The molecule has 0 bridgehead atoms. The van der Waals surface area contributed by atoms with Crippen LogP contribution in [0.1, 0.15) is 21.5 Å². The molecule has 3 nitrogen and oxygen atoms in total. The molecule has 0 fully saturated rings. The summed E-state index contributed by atoms with van der Waals surface area (Å²) in [6, 6.07) is 23.3. The molecule has 3 rings (SSSR count). The molecule has 0 heterocycles. The third kappa shape index (κ3) is 5.45. The third-order valence-corrected chi connectivity index (χ3v) is 3.68. The van der Waals surface area contributed by atoms with E-state index in [2.05, 4.69) is 0 Å². The van der Waals surface area contributed by atoms with Crippen molar-refractivity contribution < 1.29 is 15.0 Å². The lowest BCUT2D eigenvalue weighted by molar-refractivity contribution is 0.0697. The largest absolute Gasteiger partial charge is 0.508 e. The molecule has 0 aliphatic rings. The second-order valence-corrected chi connectivity index (χ2v) is 5.51. The number of hydrogen-bond acceptors (Lipinski definition) is 2. The third-order valence-electron chi connectivity index (χ3n) is 3.31. The van der Waals surface area contributed by atoms with Gasteiger partial charge in [-0.25, -0.2) is 4.79 Å². The molecule has 2 N–H and O–H groups in total. The molecule has 0 aliphatic carbocycles. The number of aromatic hydroxyl groups is 1. The fourth-order valence-electron chi connectivity index (χ4n) is 2.06. The molecule has 0 radical (unpaired) electrons. The zero-order valence-electron chi connectivity index (χ0n) is 12.9. The molecule has 0 spiro atoms. The molecule has 122 valence electrons. The van der Waals surface area contributed by atoms with Gasteiger partial charge in [-0.15, -0.1) is 0 Å². The zero-order valence-corrected chi connectivity index (χ0v) is 13.6. The van der Waals surface area contributed by atoms with E-state index in [0.29, 0.717) is 5.56 Å². The maximum Gasteiger partial charge on any atom is 0.335 e. The van der Waals surface area contributed by atoms with Crippen molar-refractivity contribution in [2.45, 2.75) is 6.42 Å². The van der Waals surface area contributed by atoms with Gasteiger partial charge in [0.2, 0.25) is 0 Å².